The largest absolute Gasteiger partial charge is 0.325 e. The number of hydrogen-bond donors (Lipinski definition) is 2. The van der Waals surface area contributed by atoms with Crippen molar-refractivity contribution in [1.29, 1.82) is 0 Å². The third kappa shape index (κ3) is 3.43. The molecule has 0 aliphatic heterocycles. The van der Waals surface area contributed by atoms with Gasteiger partial charge in [-0.05, 0) is 25.1 Å². The summed E-state index contributed by atoms with van der Waals surface area (Å²) < 4.78 is 0.765. The van der Waals surface area contributed by atoms with Gasteiger partial charge in [0, 0.05) is 17.8 Å². The Morgan fingerprint density at radius 3 is 2.61 bits per heavy atom. The number of nitro benzene ring substituents is 1. The topological polar surface area (TPSA) is 97.2 Å². The highest BCUT2D eigenvalue weighted by molar-refractivity contribution is 7.22. The van der Waals surface area contributed by atoms with Crippen molar-refractivity contribution in [3.8, 4) is 0 Å². The van der Waals surface area contributed by atoms with Gasteiger partial charge in [0.2, 0.25) is 0 Å². The molecular formula is C15H12N4O3S. The van der Waals surface area contributed by atoms with Gasteiger partial charge in [-0.2, -0.15) is 0 Å². The lowest BCUT2D eigenvalue weighted by Gasteiger charge is -2.05. The monoisotopic (exact) mass is 328 g/mol. The predicted octanol–water partition coefficient (Wildman–Crippen LogP) is 4.16. The molecule has 0 spiro atoms. The maximum absolute atomic E-state index is 12.0. The van der Waals surface area contributed by atoms with E-state index in [0.29, 0.717) is 16.3 Å². The van der Waals surface area contributed by atoms with Crippen LogP contribution in [0.1, 0.15) is 5.56 Å². The molecule has 116 valence electrons. The first kappa shape index (κ1) is 14.9. The zero-order valence-corrected chi connectivity index (χ0v) is 12.9. The molecule has 23 heavy (non-hydrogen) atoms. The molecule has 0 bridgehead atoms. The molecule has 8 heteroatoms. The number of amides is 2. The molecule has 2 aromatic carbocycles. The van der Waals surface area contributed by atoms with Crippen LogP contribution < -0.4 is 10.6 Å². The van der Waals surface area contributed by atoms with E-state index in [1.807, 2.05) is 19.1 Å². The SMILES string of the molecule is Cc1ccc(NC(=O)Nc2nc3cc([N+](=O)[O-])ccc3s2)cc1. The molecule has 2 amide bonds. The average Bonchev–Trinajstić information content (AvgIpc) is 2.90. The van der Waals surface area contributed by atoms with Crippen molar-refractivity contribution in [3.05, 3.63) is 58.1 Å². The number of nitro groups is 1. The Morgan fingerprint density at radius 2 is 1.91 bits per heavy atom. The number of urea groups is 1. The quantitative estimate of drug-likeness (QED) is 0.557. The van der Waals surface area contributed by atoms with E-state index in [9.17, 15) is 14.9 Å². The summed E-state index contributed by atoms with van der Waals surface area (Å²) in [6.07, 6.45) is 0. The van der Waals surface area contributed by atoms with E-state index in [2.05, 4.69) is 15.6 Å². The van der Waals surface area contributed by atoms with Gasteiger partial charge in [-0.15, -0.1) is 0 Å². The molecule has 0 radical (unpaired) electrons. The minimum absolute atomic E-state index is 0.0292. The molecule has 1 heterocycles. The van der Waals surface area contributed by atoms with Crippen molar-refractivity contribution in [1.82, 2.24) is 4.98 Å². The van der Waals surface area contributed by atoms with E-state index in [1.165, 1.54) is 23.5 Å². The van der Waals surface area contributed by atoms with Crippen LogP contribution in [0.4, 0.5) is 21.3 Å². The van der Waals surface area contributed by atoms with Crippen molar-refractivity contribution < 1.29 is 9.72 Å². The molecule has 0 fully saturated rings. The molecule has 3 aromatic rings. The number of rotatable bonds is 3. The molecule has 1 aromatic heterocycles. The lowest BCUT2D eigenvalue weighted by Crippen LogP contribution is -2.19. The van der Waals surface area contributed by atoms with Gasteiger partial charge in [0.25, 0.3) is 5.69 Å². The van der Waals surface area contributed by atoms with Crippen molar-refractivity contribution in [2.24, 2.45) is 0 Å². The average molecular weight is 328 g/mol. The standard InChI is InChI=1S/C15H12N4O3S/c1-9-2-4-10(5-3-9)16-14(20)18-15-17-12-8-11(19(21)22)6-7-13(12)23-15/h2-8H,1H3,(H2,16,17,18,20). The van der Waals surface area contributed by atoms with Gasteiger partial charge in [-0.3, -0.25) is 15.4 Å². The molecule has 3 rings (SSSR count). The molecule has 0 saturated carbocycles. The fourth-order valence-corrected chi connectivity index (χ4v) is 2.82. The van der Waals surface area contributed by atoms with E-state index in [0.717, 1.165) is 10.3 Å². The van der Waals surface area contributed by atoms with Gasteiger partial charge in [-0.1, -0.05) is 29.0 Å². The highest BCUT2D eigenvalue weighted by atomic mass is 32.1. The summed E-state index contributed by atoms with van der Waals surface area (Å²) >= 11 is 1.25. The summed E-state index contributed by atoms with van der Waals surface area (Å²) in [5.74, 6) is 0. The van der Waals surface area contributed by atoms with Crippen LogP contribution in [0.2, 0.25) is 0 Å². The second kappa shape index (κ2) is 6.01. The lowest BCUT2D eigenvalue weighted by atomic mass is 10.2. The number of carbonyl (C=O) groups is 1. The highest BCUT2D eigenvalue weighted by Crippen LogP contribution is 2.28. The predicted molar refractivity (Wildman–Crippen MR) is 90.1 cm³/mol. The number of thiazole rings is 1. The summed E-state index contributed by atoms with van der Waals surface area (Å²) in [6, 6.07) is 11.4. The molecular weight excluding hydrogens is 316 g/mol. The first-order valence-electron chi connectivity index (χ1n) is 6.71. The van der Waals surface area contributed by atoms with E-state index in [-0.39, 0.29) is 5.69 Å². The minimum atomic E-state index is -0.476. The second-order valence-electron chi connectivity index (χ2n) is 4.87. The Hall–Kier alpha value is -3.00. The van der Waals surface area contributed by atoms with Crippen LogP contribution in [0.5, 0.6) is 0 Å². The normalized spacial score (nSPS) is 10.5. The van der Waals surface area contributed by atoms with Crippen molar-refractivity contribution in [2.75, 3.05) is 10.6 Å². The first-order chi connectivity index (χ1) is 11.0. The van der Waals surface area contributed by atoms with Gasteiger partial charge in [0.15, 0.2) is 5.13 Å². The van der Waals surface area contributed by atoms with Crippen LogP contribution in [0, 0.1) is 17.0 Å². The second-order valence-corrected chi connectivity index (χ2v) is 5.90. The number of aromatic nitrogens is 1. The van der Waals surface area contributed by atoms with Crippen LogP contribution in [0.3, 0.4) is 0 Å². The van der Waals surface area contributed by atoms with Crippen molar-refractivity contribution in [3.63, 3.8) is 0 Å². The smallest absolute Gasteiger partial charge is 0.308 e. The fourth-order valence-electron chi connectivity index (χ4n) is 1.98. The summed E-state index contributed by atoms with van der Waals surface area (Å²) in [5, 5.41) is 16.5. The van der Waals surface area contributed by atoms with E-state index < -0.39 is 11.0 Å². The first-order valence-corrected chi connectivity index (χ1v) is 7.52. The van der Waals surface area contributed by atoms with Gasteiger partial charge in [-0.25, -0.2) is 9.78 Å². The molecule has 0 unspecified atom stereocenters. The Bertz CT molecular complexity index is 889. The van der Waals surface area contributed by atoms with Gasteiger partial charge in [0.1, 0.15) is 0 Å². The van der Waals surface area contributed by atoms with Crippen LogP contribution >= 0.6 is 11.3 Å². The zero-order chi connectivity index (χ0) is 16.4. The molecule has 0 aliphatic rings. The molecule has 0 atom stereocenters. The minimum Gasteiger partial charge on any atom is -0.308 e. The van der Waals surface area contributed by atoms with Crippen LogP contribution in [-0.2, 0) is 0 Å². The van der Waals surface area contributed by atoms with Crippen molar-refractivity contribution >= 4 is 44.1 Å². The van der Waals surface area contributed by atoms with E-state index in [1.54, 1.807) is 18.2 Å². The lowest BCUT2D eigenvalue weighted by molar-refractivity contribution is -0.384. The number of hydrogen-bond acceptors (Lipinski definition) is 5. The number of aryl methyl sites for hydroxylation is 1. The van der Waals surface area contributed by atoms with Gasteiger partial charge in [0.05, 0.1) is 15.1 Å². The van der Waals surface area contributed by atoms with E-state index in [4.69, 9.17) is 0 Å². The highest BCUT2D eigenvalue weighted by Gasteiger charge is 2.12. The Balaban J connectivity index is 1.74. The zero-order valence-electron chi connectivity index (χ0n) is 12.1. The number of nitrogens with zero attached hydrogens (tertiary/aromatic N) is 2. The van der Waals surface area contributed by atoms with Crippen molar-refractivity contribution in [2.45, 2.75) is 6.92 Å². The summed E-state index contributed by atoms with van der Waals surface area (Å²) in [4.78, 5) is 26.4. The number of anilines is 2. The number of carbonyl (C=O) groups excluding carboxylic acids is 1. The summed E-state index contributed by atoms with van der Waals surface area (Å²) in [7, 11) is 0. The number of benzene rings is 2. The molecule has 0 saturated heterocycles. The van der Waals surface area contributed by atoms with Gasteiger partial charge < -0.3 is 5.32 Å². The molecule has 2 N–H and O–H groups in total. The number of non-ortho nitro benzene ring substituents is 1. The maximum Gasteiger partial charge on any atom is 0.325 e. The fraction of sp³-hybridized carbons (Fsp3) is 0.0667. The Kier molecular flexibility index (Phi) is 3.90. The summed E-state index contributed by atoms with van der Waals surface area (Å²) in [5.41, 5.74) is 2.22. The Labute approximate surface area is 135 Å². The third-order valence-corrected chi connectivity index (χ3v) is 4.06. The van der Waals surface area contributed by atoms with Gasteiger partial charge >= 0.3 is 6.03 Å². The van der Waals surface area contributed by atoms with Crippen LogP contribution in [0.15, 0.2) is 42.5 Å². The summed E-state index contributed by atoms with van der Waals surface area (Å²) in [6.45, 7) is 1.96. The maximum atomic E-state index is 12.0. The van der Waals surface area contributed by atoms with Crippen LogP contribution in [0.25, 0.3) is 10.2 Å². The third-order valence-electron chi connectivity index (χ3n) is 3.11. The molecule has 0 aliphatic carbocycles. The number of fused-ring (bicyclic) bond motifs is 1. The van der Waals surface area contributed by atoms with E-state index >= 15 is 0 Å². The van der Waals surface area contributed by atoms with Crippen LogP contribution in [-0.4, -0.2) is 15.9 Å². The molecule has 7 nitrogen and oxygen atoms in total. The number of nitrogens with one attached hydrogen (secondary N) is 2. The Morgan fingerprint density at radius 1 is 1.17 bits per heavy atom.